The first-order chi connectivity index (χ1) is 8.58. The molecular formula is C13H10BrNO2S. The zero-order valence-corrected chi connectivity index (χ0v) is 12.0. The highest BCUT2D eigenvalue weighted by Crippen LogP contribution is 2.30. The van der Waals surface area contributed by atoms with Gasteiger partial charge in [0.15, 0.2) is 0 Å². The number of benzene rings is 1. The fourth-order valence-electron chi connectivity index (χ4n) is 1.42. The van der Waals surface area contributed by atoms with Crippen LogP contribution in [0.1, 0.15) is 16.1 Å². The van der Waals surface area contributed by atoms with Gasteiger partial charge in [-0.2, -0.15) is 0 Å². The average molecular weight is 324 g/mol. The Kier molecular flexibility index (Phi) is 4.04. The first kappa shape index (κ1) is 13.1. The minimum Gasteiger partial charge on any atom is -0.478 e. The van der Waals surface area contributed by atoms with Crippen LogP contribution >= 0.6 is 27.7 Å². The summed E-state index contributed by atoms with van der Waals surface area (Å²) in [6, 6.07) is 10.7. The topological polar surface area (TPSA) is 50.2 Å². The minimum atomic E-state index is -0.924. The van der Waals surface area contributed by atoms with E-state index in [1.54, 1.807) is 18.2 Å². The molecule has 0 aliphatic carbocycles. The fraction of sp³-hybridized carbons (Fsp3) is 0.0769. The van der Waals surface area contributed by atoms with E-state index in [-0.39, 0.29) is 0 Å². The molecule has 5 heteroatoms. The van der Waals surface area contributed by atoms with Crippen LogP contribution in [0, 0.1) is 6.92 Å². The lowest BCUT2D eigenvalue weighted by Gasteiger charge is -2.06. The standard InChI is InChI=1S/C13H10BrNO2S/c1-8-10(14)6-7-12(15-8)18-11-5-3-2-4-9(11)13(16)17/h2-7H,1H3,(H,16,17). The summed E-state index contributed by atoms with van der Waals surface area (Å²) in [6.45, 7) is 1.90. The van der Waals surface area contributed by atoms with E-state index in [0.717, 1.165) is 15.2 Å². The van der Waals surface area contributed by atoms with Crippen LogP contribution in [0.15, 0.2) is 50.8 Å². The van der Waals surface area contributed by atoms with Gasteiger partial charge in [0.2, 0.25) is 0 Å². The molecule has 2 rings (SSSR count). The van der Waals surface area contributed by atoms with Crippen LogP contribution in [-0.2, 0) is 0 Å². The van der Waals surface area contributed by atoms with Crippen molar-refractivity contribution in [2.45, 2.75) is 16.8 Å². The third-order valence-electron chi connectivity index (χ3n) is 2.33. The zero-order valence-electron chi connectivity index (χ0n) is 9.55. The van der Waals surface area contributed by atoms with Crippen molar-refractivity contribution in [3.63, 3.8) is 0 Å². The van der Waals surface area contributed by atoms with E-state index >= 15 is 0 Å². The molecule has 2 aromatic rings. The Morgan fingerprint density at radius 1 is 1.28 bits per heavy atom. The van der Waals surface area contributed by atoms with Crippen molar-refractivity contribution in [2.24, 2.45) is 0 Å². The van der Waals surface area contributed by atoms with Gasteiger partial charge in [-0.15, -0.1) is 0 Å². The monoisotopic (exact) mass is 323 g/mol. The van der Waals surface area contributed by atoms with Gasteiger partial charge in [-0.1, -0.05) is 23.9 Å². The van der Waals surface area contributed by atoms with Gasteiger partial charge in [0.05, 0.1) is 11.3 Å². The van der Waals surface area contributed by atoms with Gasteiger partial charge < -0.3 is 5.11 Å². The Balaban J connectivity index is 2.34. The predicted octanol–water partition coefficient (Wildman–Crippen LogP) is 4.00. The molecule has 1 aromatic carbocycles. The van der Waals surface area contributed by atoms with Crippen LogP contribution in [0.2, 0.25) is 0 Å². The van der Waals surface area contributed by atoms with E-state index in [1.165, 1.54) is 11.8 Å². The molecule has 0 unspecified atom stereocenters. The molecule has 0 aliphatic rings. The van der Waals surface area contributed by atoms with E-state index in [0.29, 0.717) is 10.5 Å². The zero-order chi connectivity index (χ0) is 13.1. The molecule has 1 aromatic heterocycles. The molecule has 0 aliphatic heterocycles. The third kappa shape index (κ3) is 2.91. The maximum Gasteiger partial charge on any atom is 0.336 e. The Bertz CT molecular complexity index is 601. The molecule has 1 N–H and O–H groups in total. The molecule has 0 spiro atoms. The molecule has 0 atom stereocenters. The van der Waals surface area contributed by atoms with Crippen LogP contribution in [0.4, 0.5) is 0 Å². The lowest BCUT2D eigenvalue weighted by molar-refractivity contribution is 0.0693. The summed E-state index contributed by atoms with van der Waals surface area (Å²) >= 11 is 4.74. The first-order valence-electron chi connectivity index (χ1n) is 5.21. The van der Waals surface area contributed by atoms with Gasteiger partial charge in [0.25, 0.3) is 0 Å². The summed E-state index contributed by atoms with van der Waals surface area (Å²) < 4.78 is 0.943. The number of aromatic carboxylic acids is 1. The van der Waals surface area contributed by atoms with Crippen LogP contribution < -0.4 is 0 Å². The van der Waals surface area contributed by atoms with E-state index < -0.39 is 5.97 Å². The van der Waals surface area contributed by atoms with Crippen molar-refractivity contribution in [2.75, 3.05) is 0 Å². The molecule has 0 fully saturated rings. The average Bonchev–Trinajstić information content (AvgIpc) is 2.34. The molecule has 1 heterocycles. The Morgan fingerprint density at radius 3 is 2.67 bits per heavy atom. The SMILES string of the molecule is Cc1nc(Sc2ccccc2C(=O)O)ccc1Br. The summed E-state index contributed by atoms with van der Waals surface area (Å²) in [5.41, 5.74) is 1.18. The number of nitrogens with zero attached hydrogens (tertiary/aromatic N) is 1. The largest absolute Gasteiger partial charge is 0.478 e. The van der Waals surface area contributed by atoms with Crippen molar-refractivity contribution in [1.82, 2.24) is 4.98 Å². The van der Waals surface area contributed by atoms with Crippen molar-refractivity contribution in [3.8, 4) is 0 Å². The molecule has 3 nitrogen and oxygen atoms in total. The summed E-state index contributed by atoms with van der Waals surface area (Å²) in [5, 5.41) is 9.88. The maximum absolute atomic E-state index is 11.1. The number of aryl methyl sites for hydroxylation is 1. The second kappa shape index (κ2) is 5.54. The summed E-state index contributed by atoms with van der Waals surface area (Å²) in [5.74, 6) is -0.924. The van der Waals surface area contributed by atoms with Crippen LogP contribution in [0.3, 0.4) is 0 Å². The van der Waals surface area contributed by atoms with E-state index in [4.69, 9.17) is 5.11 Å². The van der Waals surface area contributed by atoms with Gasteiger partial charge in [-0.25, -0.2) is 9.78 Å². The van der Waals surface area contributed by atoms with Gasteiger partial charge >= 0.3 is 5.97 Å². The second-order valence-corrected chi connectivity index (χ2v) is 5.54. The quantitative estimate of drug-likeness (QED) is 0.927. The second-order valence-electron chi connectivity index (χ2n) is 3.62. The lowest BCUT2D eigenvalue weighted by Crippen LogP contribution is -1.98. The number of halogens is 1. The third-order valence-corrected chi connectivity index (χ3v) is 4.18. The van der Waals surface area contributed by atoms with Gasteiger partial charge in [-0.05, 0) is 47.1 Å². The molecule has 0 bridgehead atoms. The molecule has 0 saturated heterocycles. The highest BCUT2D eigenvalue weighted by Gasteiger charge is 2.11. The predicted molar refractivity (Wildman–Crippen MR) is 74.2 cm³/mol. The first-order valence-corrected chi connectivity index (χ1v) is 6.82. The Labute approximate surface area is 117 Å². The van der Waals surface area contributed by atoms with E-state index in [1.807, 2.05) is 25.1 Å². The van der Waals surface area contributed by atoms with E-state index in [2.05, 4.69) is 20.9 Å². The number of carboxylic acids is 1. The van der Waals surface area contributed by atoms with E-state index in [9.17, 15) is 4.79 Å². The number of rotatable bonds is 3. The van der Waals surface area contributed by atoms with Gasteiger partial charge in [-0.3, -0.25) is 0 Å². The van der Waals surface area contributed by atoms with Crippen LogP contribution in [0.5, 0.6) is 0 Å². The smallest absolute Gasteiger partial charge is 0.336 e. The summed E-state index contributed by atoms with van der Waals surface area (Å²) in [4.78, 5) is 16.2. The number of carbonyl (C=O) groups is 1. The highest BCUT2D eigenvalue weighted by molar-refractivity contribution is 9.10. The summed E-state index contributed by atoms with van der Waals surface area (Å²) in [6.07, 6.45) is 0. The molecule has 0 radical (unpaired) electrons. The van der Waals surface area contributed by atoms with Crippen molar-refractivity contribution in [3.05, 3.63) is 52.1 Å². The maximum atomic E-state index is 11.1. The number of aromatic nitrogens is 1. The summed E-state index contributed by atoms with van der Waals surface area (Å²) in [7, 11) is 0. The van der Waals surface area contributed by atoms with Crippen molar-refractivity contribution in [1.29, 1.82) is 0 Å². The molecule has 18 heavy (non-hydrogen) atoms. The highest BCUT2D eigenvalue weighted by atomic mass is 79.9. The van der Waals surface area contributed by atoms with Gasteiger partial charge in [0.1, 0.15) is 5.03 Å². The number of pyridine rings is 1. The number of hydrogen-bond acceptors (Lipinski definition) is 3. The van der Waals surface area contributed by atoms with Crippen LogP contribution in [-0.4, -0.2) is 16.1 Å². The number of carboxylic acid groups (broad SMARTS) is 1. The van der Waals surface area contributed by atoms with Crippen molar-refractivity contribution < 1.29 is 9.90 Å². The molecular weight excluding hydrogens is 314 g/mol. The normalized spacial score (nSPS) is 10.3. The van der Waals surface area contributed by atoms with Crippen molar-refractivity contribution >= 4 is 33.7 Å². The van der Waals surface area contributed by atoms with Crippen LogP contribution in [0.25, 0.3) is 0 Å². The minimum absolute atomic E-state index is 0.296. The molecule has 0 saturated carbocycles. The Morgan fingerprint density at radius 2 is 2.00 bits per heavy atom. The molecule has 0 amide bonds. The van der Waals surface area contributed by atoms with Gasteiger partial charge in [0, 0.05) is 9.37 Å². The Hall–Kier alpha value is -1.33. The number of hydrogen-bond donors (Lipinski definition) is 1. The lowest BCUT2D eigenvalue weighted by atomic mass is 10.2. The molecule has 92 valence electrons. The fourth-order valence-corrected chi connectivity index (χ4v) is 2.60.